The number of hydrogen-bond acceptors (Lipinski definition) is 2. The minimum absolute atomic E-state index is 0.0522. The van der Waals surface area contributed by atoms with Gasteiger partial charge in [0.15, 0.2) is 11.6 Å². The Balaban J connectivity index is 2.15. The molecule has 2 nitrogen and oxygen atoms in total. The molecule has 0 heterocycles. The normalized spacial score (nSPS) is 17.6. The van der Waals surface area contributed by atoms with E-state index in [0.29, 0.717) is 11.1 Å². The lowest BCUT2D eigenvalue weighted by atomic mass is 9.94. The minimum atomic E-state index is -0.649. The number of rotatable bonds is 2. The van der Waals surface area contributed by atoms with E-state index in [9.17, 15) is 9.59 Å². The third-order valence-corrected chi connectivity index (χ3v) is 3.70. The average Bonchev–Trinajstić information content (AvgIpc) is 2.72. The molecular formula is C17H14O2. The highest BCUT2D eigenvalue weighted by atomic mass is 16.2. The van der Waals surface area contributed by atoms with Gasteiger partial charge in [0, 0.05) is 11.1 Å². The Morgan fingerprint density at radius 2 is 1.63 bits per heavy atom. The fourth-order valence-electron chi connectivity index (χ4n) is 2.76. The van der Waals surface area contributed by atoms with Crippen LogP contribution in [-0.2, 0) is 6.42 Å². The van der Waals surface area contributed by atoms with Crippen LogP contribution in [0.4, 0.5) is 0 Å². The Hall–Kier alpha value is -2.22. The van der Waals surface area contributed by atoms with Crippen molar-refractivity contribution in [2.75, 3.05) is 0 Å². The maximum atomic E-state index is 12.6. The summed E-state index contributed by atoms with van der Waals surface area (Å²) in [5, 5.41) is 0. The van der Waals surface area contributed by atoms with Gasteiger partial charge >= 0.3 is 0 Å². The first kappa shape index (κ1) is 11.8. The highest BCUT2D eigenvalue weighted by molar-refractivity contribution is 6.30. The smallest absolute Gasteiger partial charge is 0.179 e. The van der Waals surface area contributed by atoms with Crippen LogP contribution in [0, 0.1) is 0 Å². The summed E-state index contributed by atoms with van der Waals surface area (Å²) in [7, 11) is 0. The molecule has 0 spiro atoms. The molecule has 0 saturated carbocycles. The predicted octanol–water partition coefficient (Wildman–Crippen LogP) is 3.41. The van der Waals surface area contributed by atoms with Crippen molar-refractivity contribution in [3.63, 3.8) is 0 Å². The molecule has 0 bridgehead atoms. The largest absolute Gasteiger partial charge is 0.293 e. The third kappa shape index (κ3) is 1.72. The van der Waals surface area contributed by atoms with Gasteiger partial charge in [-0.05, 0) is 17.5 Å². The number of fused-ring (bicyclic) bond motifs is 1. The second-order valence-electron chi connectivity index (χ2n) is 4.77. The first-order chi connectivity index (χ1) is 9.24. The summed E-state index contributed by atoms with van der Waals surface area (Å²) in [5.41, 5.74) is 2.96. The topological polar surface area (TPSA) is 34.1 Å². The predicted molar refractivity (Wildman–Crippen MR) is 73.7 cm³/mol. The van der Waals surface area contributed by atoms with E-state index in [1.54, 1.807) is 6.07 Å². The highest BCUT2D eigenvalue weighted by Crippen LogP contribution is 2.35. The Labute approximate surface area is 112 Å². The summed E-state index contributed by atoms with van der Waals surface area (Å²) in [6, 6.07) is 14.8. The molecule has 2 aromatic rings. The number of carbonyl (C=O) groups excluding carboxylic acids is 2. The summed E-state index contributed by atoms with van der Waals surface area (Å²) in [6.45, 7) is 2.00. The molecule has 0 amide bonds. The van der Waals surface area contributed by atoms with E-state index >= 15 is 0 Å². The van der Waals surface area contributed by atoms with E-state index in [1.807, 2.05) is 49.4 Å². The Morgan fingerprint density at radius 1 is 0.895 bits per heavy atom. The fourth-order valence-corrected chi connectivity index (χ4v) is 2.76. The summed E-state index contributed by atoms with van der Waals surface area (Å²) in [5.74, 6) is -0.769. The monoisotopic (exact) mass is 250 g/mol. The zero-order valence-corrected chi connectivity index (χ0v) is 10.7. The highest BCUT2D eigenvalue weighted by Gasteiger charge is 2.40. The van der Waals surface area contributed by atoms with Crippen LogP contribution in [0.3, 0.4) is 0 Å². The van der Waals surface area contributed by atoms with Gasteiger partial charge in [0.05, 0.1) is 0 Å². The van der Waals surface area contributed by atoms with Crippen molar-refractivity contribution in [2.45, 2.75) is 19.3 Å². The molecule has 1 atom stereocenters. The van der Waals surface area contributed by atoms with Gasteiger partial charge in [-0.2, -0.15) is 0 Å². The second kappa shape index (κ2) is 4.47. The van der Waals surface area contributed by atoms with Crippen molar-refractivity contribution in [1.82, 2.24) is 0 Å². The van der Waals surface area contributed by atoms with E-state index in [4.69, 9.17) is 0 Å². The van der Waals surface area contributed by atoms with Crippen LogP contribution < -0.4 is 0 Å². The number of aryl methyl sites for hydroxylation is 1. The van der Waals surface area contributed by atoms with E-state index in [1.165, 1.54) is 0 Å². The Kier molecular flexibility index (Phi) is 2.79. The summed E-state index contributed by atoms with van der Waals surface area (Å²) in [4.78, 5) is 25.0. The van der Waals surface area contributed by atoms with Gasteiger partial charge in [-0.25, -0.2) is 0 Å². The lowest BCUT2D eigenvalue weighted by Crippen LogP contribution is -2.12. The quantitative estimate of drug-likeness (QED) is 0.765. The molecular weight excluding hydrogens is 236 g/mol. The van der Waals surface area contributed by atoms with Crippen molar-refractivity contribution < 1.29 is 9.59 Å². The van der Waals surface area contributed by atoms with Crippen LogP contribution in [0.5, 0.6) is 0 Å². The Bertz CT molecular complexity index is 656. The van der Waals surface area contributed by atoms with Crippen LogP contribution in [0.2, 0.25) is 0 Å². The third-order valence-electron chi connectivity index (χ3n) is 3.70. The molecule has 0 fully saturated rings. The van der Waals surface area contributed by atoms with Gasteiger partial charge in [0.25, 0.3) is 0 Å². The molecule has 19 heavy (non-hydrogen) atoms. The van der Waals surface area contributed by atoms with Crippen LogP contribution in [0.15, 0.2) is 48.5 Å². The van der Waals surface area contributed by atoms with Crippen molar-refractivity contribution in [3.05, 3.63) is 70.8 Å². The SMILES string of the molecule is CCc1cccc2c1C(=O)C(c1ccccc1)C2=O. The van der Waals surface area contributed by atoms with Crippen LogP contribution in [-0.4, -0.2) is 11.6 Å². The van der Waals surface area contributed by atoms with E-state index in [-0.39, 0.29) is 11.6 Å². The summed E-state index contributed by atoms with van der Waals surface area (Å²) < 4.78 is 0. The van der Waals surface area contributed by atoms with Crippen molar-refractivity contribution in [2.24, 2.45) is 0 Å². The molecule has 2 heteroatoms. The molecule has 94 valence electrons. The standard InChI is InChI=1S/C17H14O2/c1-2-11-9-6-10-13-14(11)17(19)15(16(13)18)12-7-4-3-5-8-12/h3-10,15H,2H2,1H3. The van der Waals surface area contributed by atoms with Gasteiger partial charge in [-0.15, -0.1) is 0 Å². The van der Waals surface area contributed by atoms with E-state index in [0.717, 1.165) is 17.5 Å². The Morgan fingerprint density at radius 3 is 2.32 bits per heavy atom. The minimum Gasteiger partial charge on any atom is -0.293 e. The molecule has 1 aliphatic rings. The number of benzene rings is 2. The fraction of sp³-hybridized carbons (Fsp3) is 0.176. The summed E-state index contributed by atoms with van der Waals surface area (Å²) >= 11 is 0. The van der Waals surface area contributed by atoms with Gasteiger partial charge in [0.2, 0.25) is 0 Å². The van der Waals surface area contributed by atoms with Gasteiger partial charge < -0.3 is 0 Å². The zero-order chi connectivity index (χ0) is 13.4. The average molecular weight is 250 g/mol. The van der Waals surface area contributed by atoms with Gasteiger partial charge in [0.1, 0.15) is 5.92 Å². The molecule has 0 aromatic heterocycles. The van der Waals surface area contributed by atoms with Gasteiger partial charge in [-0.1, -0.05) is 55.5 Å². The molecule has 2 aromatic carbocycles. The number of hydrogen-bond donors (Lipinski definition) is 0. The molecule has 0 N–H and O–H groups in total. The van der Waals surface area contributed by atoms with Crippen molar-refractivity contribution in [3.8, 4) is 0 Å². The summed E-state index contributed by atoms with van der Waals surface area (Å²) in [6.07, 6.45) is 0.768. The van der Waals surface area contributed by atoms with Crippen LogP contribution >= 0.6 is 0 Å². The van der Waals surface area contributed by atoms with Crippen molar-refractivity contribution in [1.29, 1.82) is 0 Å². The number of ketones is 2. The zero-order valence-electron chi connectivity index (χ0n) is 10.7. The number of Topliss-reactive ketones (excluding diaryl/α,β-unsaturated/α-hetero) is 2. The lowest BCUT2D eigenvalue weighted by Gasteiger charge is -2.06. The van der Waals surface area contributed by atoms with Crippen LogP contribution in [0.1, 0.15) is 44.7 Å². The number of carbonyl (C=O) groups is 2. The maximum absolute atomic E-state index is 12.6. The lowest BCUT2D eigenvalue weighted by molar-refractivity contribution is 0.0890. The maximum Gasteiger partial charge on any atom is 0.179 e. The molecule has 3 rings (SSSR count). The second-order valence-corrected chi connectivity index (χ2v) is 4.77. The van der Waals surface area contributed by atoms with E-state index < -0.39 is 5.92 Å². The van der Waals surface area contributed by atoms with Crippen LogP contribution in [0.25, 0.3) is 0 Å². The molecule has 0 radical (unpaired) electrons. The molecule has 1 unspecified atom stereocenters. The van der Waals surface area contributed by atoms with Crippen molar-refractivity contribution >= 4 is 11.6 Å². The molecule has 0 saturated heterocycles. The molecule has 0 aliphatic heterocycles. The van der Waals surface area contributed by atoms with E-state index in [2.05, 4.69) is 0 Å². The first-order valence-corrected chi connectivity index (χ1v) is 6.49. The van der Waals surface area contributed by atoms with Gasteiger partial charge in [-0.3, -0.25) is 9.59 Å². The molecule has 1 aliphatic carbocycles. The first-order valence-electron chi connectivity index (χ1n) is 6.49.